The highest BCUT2D eigenvalue weighted by Crippen LogP contribution is 2.43. The highest BCUT2D eigenvalue weighted by atomic mass is 35.5. The van der Waals surface area contributed by atoms with Gasteiger partial charge in [0.05, 0.1) is 16.8 Å². The largest absolute Gasteiger partial charge is 0.477 e. The van der Waals surface area contributed by atoms with Crippen LogP contribution in [0.1, 0.15) is 24.9 Å². The van der Waals surface area contributed by atoms with E-state index < -0.39 is 5.97 Å². The van der Waals surface area contributed by atoms with E-state index in [2.05, 4.69) is 5.10 Å². The predicted molar refractivity (Wildman–Crippen MR) is 102 cm³/mol. The summed E-state index contributed by atoms with van der Waals surface area (Å²) in [4.78, 5) is 11.7. The van der Waals surface area contributed by atoms with E-state index in [1.807, 2.05) is 19.1 Å². The SMILES string of the molecule is CC[C@H]1C(C(=O)O)=NN(c2ccc(Cl)cc2Cl)[C@H]1c1ccc(Cl)cc1. The molecule has 130 valence electrons. The molecule has 1 heterocycles. The fourth-order valence-electron chi connectivity index (χ4n) is 3.09. The number of hydrazone groups is 1. The van der Waals surface area contributed by atoms with Gasteiger partial charge in [0.15, 0.2) is 5.71 Å². The maximum Gasteiger partial charge on any atom is 0.352 e. The summed E-state index contributed by atoms with van der Waals surface area (Å²) in [5, 5.41) is 17.1. The monoisotopic (exact) mass is 396 g/mol. The number of anilines is 1. The second-order valence-corrected chi connectivity index (χ2v) is 7.02. The number of nitrogens with zero attached hydrogens (tertiary/aromatic N) is 2. The molecule has 1 aliphatic heterocycles. The van der Waals surface area contributed by atoms with E-state index in [0.717, 1.165) is 5.56 Å². The number of carboxylic acids is 1. The number of aliphatic carboxylic acids is 1. The minimum atomic E-state index is -1.03. The second-order valence-electron chi connectivity index (χ2n) is 5.74. The average molecular weight is 398 g/mol. The zero-order valence-corrected chi connectivity index (χ0v) is 15.6. The molecule has 0 aromatic heterocycles. The van der Waals surface area contributed by atoms with E-state index in [1.54, 1.807) is 35.3 Å². The number of halogens is 3. The van der Waals surface area contributed by atoms with Crippen LogP contribution in [0.25, 0.3) is 0 Å². The van der Waals surface area contributed by atoms with Gasteiger partial charge < -0.3 is 5.11 Å². The van der Waals surface area contributed by atoms with Crippen molar-refractivity contribution in [2.45, 2.75) is 19.4 Å². The Morgan fingerprint density at radius 1 is 1.12 bits per heavy atom. The summed E-state index contributed by atoms with van der Waals surface area (Å²) < 4.78 is 0. The van der Waals surface area contributed by atoms with E-state index in [-0.39, 0.29) is 17.7 Å². The molecule has 0 fully saturated rings. The first-order valence-corrected chi connectivity index (χ1v) is 8.87. The zero-order chi connectivity index (χ0) is 18.1. The quantitative estimate of drug-likeness (QED) is 0.722. The number of hydrogen-bond acceptors (Lipinski definition) is 3. The molecular formula is C18H15Cl3N2O2. The predicted octanol–water partition coefficient (Wildman–Crippen LogP) is 5.67. The van der Waals surface area contributed by atoms with E-state index in [9.17, 15) is 9.90 Å². The maximum atomic E-state index is 11.7. The number of benzene rings is 2. The van der Waals surface area contributed by atoms with Crippen molar-refractivity contribution in [3.8, 4) is 0 Å². The molecule has 0 aliphatic carbocycles. The van der Waals surface area contributed by atoms with Crippen molar-refractivity contribution < 1.29 is 9.90 Å². The Hall–Kier alpha value is -1.75. The summed E-state index contributed by atoms with van der Waals surface area (Å²) in [5.41, 5.74) is 1.65. The Bertz CT molecular complexity index is 837. The normalized spacial score (nSPS) is 19.8. The third-order valence-electron chi connectivity index (χ3n) is 4.24. The summed E-state index contributed by atoms with van der Waals surface area (Å²) >= 11 is 18.3. The van der Waals surface area contributed by atoms with Crippen LogP contribution in [0.3, 0.4) is 0 Å². The molecule has 0 bridgehead atoms. The first kappa shape index (κ1) is 18.1. The zero-order valence-electron chi connectivity index (χ0n) is 13.3. The molecule has 2 atom stereocenters. The molecule has 0 spiro atoms. The molecule has 25 heavy (non-hydrogen) atoms. The van der Waals surface area contributed by atoms with Gasteiger partial charge in [-0.15, -0.1) is 0 Å². The molecule has 0 saturated carbocycles. The molecule has 2 aromatic rings. The van der Waals surface area contributed by atoms with Gasteiger partial charge in [-0.25, -0.2) is 4.79 Å². The van der Waals surface area contributed by atoms with Crippen LogP contribution < -0.4 is 5.01 Å². The van der Waals surface area contributed by atoms with Gasteiger partial charge in [0, 0.05) is 16.0 Å². The molecule has 3 rings (SSSR count). The molecule has 0 unspecified atom stereocenters. The number of rotatable bonds is 4. The van der Waals surface area contributed by atoms with Gasteiger partial charge in [-0.2, -0.15) is 5.10 Å². The van der Waals surface area contributed by atoms with E-state index in [0.29, 0.717) is 27.2 Å². The smallest absolute Gasteiger partial charge is 0.352 e. The highest BCUT2D eigenvalue weighted by Gasteiger charge is 2.41. The minimum absolute atomic E-state index is 0.119. The molecular weight excluding hydrogens is 383 g/mol. The van der Waals surface area contributed by atoms with Gasteiger partial charge in [0.25, 0.3) is 0 Å². The van der Waals surface area contributed by atoms with E-state index in [4.69, 9.17) is 34.8 Å². The fraction of sp³-hybridized carbons (Fsp3) is 0.222. The minimum Gasteiger partial charge on any atom is -0.477 e. The standard InChI is InChI=1S/C18H15Cl3N2O2/c1-2-13-16(18(24)25)22-23(15-8-7-12(20)9-14(15)21)17(13)10-3-5-11(19)6-4-10/h3-9,13,17H,2H2,1H3,(H,24,25)/t13-,17-/m0/s1. The van der Waals surface area contributed by atoms with Crippen LogP contribution in [0.5, 0.6) is 0 Å². The number of carboxylic acid groups (broad SMARTS) is 1. The summed E-state index contributed by atoms with van der Waals surface area (Å²) in [6.45, 7) is 1.94. The maximum absolute atomic E-state index is 11.7. The molecule has 0 amide bonds. The lowest BCUT2D eigenvalue weighted by atomic mass is 9.88. The van der Waals surface area contributed by atoms with Gasteiger partial charge in [-0.1, -0.05) is 53.9 Å². The summed E-state index contributed by atoms with van der Waals surface area (Å²) in [7, 11) is 0. The third-order valence-corrected chi connectivity index (χ3v) is 5.03. The van der Waals surface area contributed by atoms with Gasteiger partial charge in [0.2, 0.25) is 0 Å². The van der Waals surface area contributed by atoms with E-state index >= 15 is 0 Å². The van der Waals surface area contributed by atoms with Crippen molar-refractivity contribution in [1.82, 2.24) is 0 Å². The van der Waals surface area contributed by atoms with Gasteiger partial charge in [-0.3, -0.25) is 5.01 Å². The summed E-state index contributed by atoms with van der Waals surface area (Å²) in [5.74, 6) is -1.30. The second kappa shape index (κ2) is 7.24. The fourth-order valence-corrected chi connectivity index (χ4v) is 3.72. The van der Waals surface area contributed by atoms with Crippen molar-refractivity contribution in [2.24, 2.45) is 11.0 Å². The van der Waals surface area contributed by atoms with Crippen molar-refractivity contribution in [1.29, 1.82) is 0 Å². The molecule has 1 N–H and O–H groups in total. The Balaban J connectivity index is 2.13. The van der Waals surface area contributed by atoms with Crippen molar-refractivity contribution in [2.75, 3.05) is 5.01 Å². The Labute approximate surface area is 160 Å². The lowest BCUT2D eigenvalue weighted by molar-refractivity contribution is -0.129. The van der Waals surface area contributed by atoms with Crippen LogP contribution in [0.2, 0.25) is 15.1 Å². The van der Waals surface area contributed by atoms with Crippen LogP contribution in [0.15, 0.2) is 47.6 Å². The molecule has 2 aromatic carbocycles. The number of carbonyl (C=O) groups is 1. The molecule has 0 radical (unpaired) electrons. The molecule has 7 heteroatoms. The van der Waals surface area contributed by atoms with Gasteiger partial charge in [-0.05, 0) is 42.3 Å². The van der Waals surface area contributed by atoms with Crippen molar-refractivity contribution in [3.05, 3.63) is 63.1 Å². The van der Waals surface area contributed by atoms with Crippen LogP contribution in [0.4, 0.5) is 5.69 Å². The van der Waals surface area contributed by atoms with Crippen molar-refractivity contribution in [3.63, 3.8) is 0 Å². The van der Waals surface area contributed by atoms with Crippen LogP contribution in [0, 0.1) is 5.92 Å². The average Bonchev–Trinajstić information content (AvgIpc) is 2.95. The molecule has 0 saturated heterocycles. The van der Waals surface area contributed by atoms with Crippen LogP contribution in [-0.2, 0) is 4.79 Å². The van der Waals surface area contributed by atoms with Crippen LogP contribution in [-0.4, -0.2) is 16.8 Å². The lowest BCUT2D eigenvalue weighted by Crippen LogP contribution is -2.27. The molecule has 1 aliphatic rings. The highest BCUT2D eigenvalue weighted by molar-refractivity contribution is 6.38. The first-order chi connectivity index (χ1) is 11.9. The van der Waals surface area contributed by atoms with Gasteiger partial charge >= 0.3 is 5.97 Å². The summed E-state index contributed by atoms with van der Waals surface area (Å²) in [6.07, 6.45) is 0.625. The van der Waals surface area contributed by atoms with Crippen molar-refractivity contribution >= 4 is 52.2 Å². The topological polar surface area (TPSA) is 52.9 Å². The molecule has 4 nitrogen and oxygen atoms in total. The Morgan fingerprint density at radius 2 is 1.76 bits per heavy atom. The Kier molecular flexibility index (Phi) is 5.23. The lowest BCUT2D eigenvalue weighted by Gasteiger charge is -2.28. The number of hydrogen-bond donors (Lipinski definition) is 1. The summed E-state index contributed by atoms with van der Waals surface area (Å²) in [6, 6.07) is 12.1. The first-order valence-electron chi connectivity index (χ1n) is 7.74. The Morgan fingerprint density at radius 3 is 2.32 bits per heavy atom. The van der Waals surface area contributed by atoms with Gasteiger partial charge in [0.1, 0.15) is 0 Å². The van der Waals surface area contributed by atoms with Crippen LogP contribution >= 0.6 is 34.8 Å². The van der Waals surface area contributed by atoms with E-state index in [1.165, 1.54) is 0 Å². The third kappa shape index (κ3) is 3.47.